The van der Waals surface area contributed by atoms with Gasteiger partial charge in [0.05, 0.1) is 6.10 Å². The van der Waals surface area contributed by atoms with E-state index in [0.29, 0.717) is 5.92 Å². The molecule has 0 saturated heterocycles. The minimum absolute atomic E-state index is 0.281. The molecule has 3 rings (SSSR count). The fourth-order valence-electron chi connectivity index (χ4n) is 2.16. The maximum atomic E-state index is 9.67. The lowest BCUT2D eigenvalue weighted by molar-refractivity contribution is -0.107. The van der Waals surface area contributed by atoms with Crippen LogP contribution in [0, 0.1) is 5.92 Å². The molecule has 0 heterocycles. The maximum absolute atomic E-state index is 9.67. The highest BCUT2D eigenvalue weighted by Crippen LogP contribution is 2.41. The first-order chi connectivity index (χ1) is 5.27. The van der Waals surface area contributed by atoms with Crippen molar-refractivity contribution in [2.75, 3.05) is 7.11 Å². The van der Waals surface area contributed by atoms with Crippen LogP contribution in [0.2, 0.25) is 0 Å². The van der Waals surface area contributed by atoms with Gasteiger partial charge in [0.1, 0.15) is 5.60 Å². The van der Waals surface area contributed by atoms with Crippen molar-refractivity contribution in [1.29, 1.82) is 0 Å². The number of aliphatic hydroxyl groups excluding tert-OH is 1. The van der Waals surface area contributed by atoms with Gasteiger partial charge in [-0.3, -0.25) is 0 Å². The quantitative estimate of drug-likeness (QED) is 0.573. The molecular formula is C9H14O2. The number of rotatable bonds is 1. The van der Waals surface area contributed by atoms with Gasteiger partial charge in [-0.15, -0.1) is 0 Å². The van der Waals surface area contributed by atoms with Crippen LogP contribution < -0.4 is 0 Å². The molecule has 0 spiro atoms. The SMILES string of the molecule is CO[C@@]12C=C[C@@H](CC1)C[C@H]2O. The van der Waals surface area contributed by atoms with Gasteiger partial charge in [0.25, 0.3) is 0 Å². The van der Waals surface area contributed by atoms with E-state index < -0.39 is 0 Å². The van der Waals surface area contributed by atoms with Crippen LogP contribution in [0.1, 0.15) is 19.3 Å². The van der Waals surface area contributed by atoms with Gasteiger partial charge in [0, 0.05) is 7.11 Å². The van der Waals surface area contributed by atoms with Crippen molar-refractivity contribution >= 4 is 0 Å². The number of hydrogen-bond donors (Lipinski definition) is 1. The van der Waals surface area contributed by atoms with Crippen molar-refractivity contribution in [2.24, 2.45) is 5.92 Å². The number of allylic oxidation sites excluding steroid dienone is 1. The molecule has 3 atom stereocenters. The van der Waals surface area contributed by atoms with Crippen LogP contribution in [0.3, 0.4) is 0 Å². The highest BCUT2D eigenvalue weighted by atomic mass is 16.5. The van der Waals surface area contributed by atoms with Crippen LogP contribution in [0.15, 0.2) is 12.2 Å². The Hall–Kier alpha value is -0.340. The molecule has 0 aromatic rings. The zero-order chi connectivity index (χ0) is 7.90. The summed E-state index contributed by atoms with van der Waals surface area (Å²) >= 11 is 0. The second-order valence-electron chi connectivity index (χ2n) is 3.57. The topological polar surface area (TPSA) is 29.5 Å². The predicted molar refractivity (Wildman–Crippen MR) is 42.2 cm³/mol. The van der Waals surface area contributed by atoms with E-state index in [4.69, 9.17) is 4.74 Å². The van der Waals surface area contributed by atoms with E-state index in [1.54, 1.807) is 7.11 Å². The van der Waals surface area contributed by atoms with E-state index >= 15 is 0 Å². The summed E-state index contributed by atoms with van der Waals surface area (Å²) in [6.07, 6.45) is 6.96. The number of methoxy groups -OCH3 is 1. The summed E-state index contributed by atoms with van der Waals surface area (Å²) in [7, 11) is 1.68. The third-order valence-electron chi connectivity index (χ3n) is 3.03. The minimum Gasteiger partial charge on any atom is -0.390 e. The Morgan fingerprint density at radius 3 is 2.82 bits per heavy atom. The lowest BCUT2D eigenvalue weighted by Crippen LogP contribution is -2.49. The Bertz CT molecular complexity index is 188. The van der Waals surface area contributed by atoms with Crippen molar-refractivity contribution < 1.29 is 9.84 Å². The fourth-order valence-corrected chi connectivity index (χ4v) is 2.16. The summed E-state index contributed by atoms with van der Waals surface area (Å²) in [5, 5.41) is 9.67. The molecule has 0 amide bonds. The van der Waals surface area contributed by atoms with E-state index in [0.717, 1.165) is 12.8 Å². The molecule has 1 fully saturated rings. The van der Waals surface area contributed by atoms with Crippen molar-refractivity contribution in [3.63, 3.8) is 0 Å². The molecular weight excluding hydrogens is 140 g/mol. The average Bonchev–Trinajstić information content (AvgIpc) is 2.07. The van der Waals surface area contributed by atoms with Crippen molar-refractivity contribution in [2.45, 2.75) is 31.0 Å². The van der Waals surface area contributed by atoms with Crippen LogP contribution in [0.5, 0.6) is 0 Å². The molecule has 3 aliphatic rings. The van der Waals surface area contributed by atoms with Gasteiger partial charge in [0.2, 0.25) is 0 Å². The minimum atomic E-state index is -0.339. The first kappa shape index (κ1) is 7.32. The van der Waals surface area contributed by atoms with E-state index in [9.17, 15) is 5.11 Å². The molecule has 2 nitrogen and oxygen atoms in total. The third kappa shape index (κ3) is 0.932. The van der Waals surface area contributed by atoms with Crippen LogP contribution >= 0.6 is 0 Å². The smallest absolute Gasteiger partial charge is 0.112 e. The molecule has 0 radical (unpaired) electrons. The van der Waals surface area contributed by atoms with Gasteiger partial charge >= 0.3 is 0 Å². The number of fused-ring (bicyclic) bond motifs is 2. The maximum Gasteiger partial charge on any atom is 0.112 e. The molecule has 1 N–H and O–H groups in total. The summed E-state index contributed by atoms with van der Waals surface area (Å²) in [5.41, 5.74) is -0.339. The van der Waals surface area contributed by atoms with Crippen molar-refractivity contribution in [3.05, 3.63) is 12.2 Å². The van der Waals surface area contributed by atoms with E-state index in [1.165, 1.54) is 6.42 Å². The number of aliphatic hydroxyl groups is 1. The zero-order valence-electron chi connectivity index (χ0n) is 6.79. The molecule has 2 heteroatoms. The predicted octanol–water partition coefficient (Wildman–Crippen LogP) is 1.10. The monoisotopic (exact) mass is 154 g/mol. The number of ether oxygens (including phenoxy) is 1. The summed E-state index contributed by atoms with van der Waals surface area (Å²) < 4.78 is 5.34. The first-order valence-corrected chi connectivity index (χ1v) is 4.19. The van der Waals surface area contributed by atoms with Gasteiger partial charge in [-0.25, -0.2) is 0 Å². The highest BCUT2D eigenvalue weighted by Gasteiger charge is 2.43. The zero-order valence-corrected chi connectivity index (χ0v) is 6.79. The lowest BCUT2D eigenvalue weighted by atomic mass is 9.71. The first-order valence-electron chi connectivity index (χ1n) is 4.19. The molecule has 0 aliphatic heterocycles. The lowest BCUT2D eigenvalue weighted by Gasteiger charge is -2.44. The molecule has 62 valence electrons. The largest absolute Gasteiger partial charge is 0.390 e. The number of hydrogen-bond acceptors (Lipinski definition) is 2. The second-order valence-corrected chi connectivity index (χ2v) is 3.57. The molecule has 3 aliphatic carbocycles. The molecule has 2 bridgehead atoms. The Balaban J connectivity index is 2.29. The van der Waals surface area contributed by atoms with Crippen LogP contribution in [-0.4, -0.2) is 23.9 Å². The second kappa shape index (κ2) is 2.32. The Morgan fingerprint density at radius 2 is 2.45 bits per heavy atom. The van der Waals surface area contributed by atoms with Crippen LogP contribution in [0.4, 0.5) is 0 Å². The van der Waals surface area contributed by atoms with E-state index in [-0.39, 0.29) is 11.7 Å². The van der Waals surface area contributed by atoms with Gasteiger partial charge in [0.15, 0.2) is 0 Å². The fraction of sp³-hybridized carbons (Fsp3) is 0.778. The Labute approximate surface area is 66.9 Å². The Kier molecular flexibility index (Phi) is 1.55. The van der Waals surface area contributed by atoms with E-state index in [1.807, 2.05) is 6.08 Å². The van der Waals surface area contributed by atoms with Crippen molar-refractivity contribution in [3.8, 4) is 0 Å². The third-order valence-corrected chi connectivity index (χ3v) is 3.03. The molecule has 0 unspecified atom stereocenters. The Morgan fingerprint density at radius 1 is 1.64 bits per heavy atom. The summed E-state index contributed by atoms with van der Waals surface area (Å²) in [6.45, 7) is 0. The van der Waals surface area contributed by atoms with Crippen molar-refractivity contribution in [1.82, 2.24) is 0 Å². The normalized spacial score (nSPS) is 48.2. The molecule has 0 aromatic carbocycles. The molecule has 1 saturated carbocycles. The van der Waals surface area contributed by atoms with Gasteiger partial charge in [-0.2, -0.15) is 0 Å². The average molecular weight is 154 g/mol. The summed E-state index contributed by atoms with van der Waals surface area (Å²) in [4.78, 5) is 0. The van der Waals surface area contributed by atoms with Crippen LogP contribution in [-0.2, 0) is 4.74 Å². The van der Waals surface area contributed by atoms with Gasteiger partial charge in [-0.1, -0.05) is 12.2 Å². The molecule has 11 heavy (non-hydrogen) atoms. The highest BCUT2D eigenvalue weighted by molar-refractivity contribution is 5.17. The molecule has 0 aromatic heterocycles. The van der Waals surface area contributed by atoms with Gasteiger partial charge in [-0.05, 0) is 25.2 Å². The summed E-state index contributed by atoms with van der Waals surface area (Å²) in [5.74, 6) is 0.599. The van der Waals surface area contributed by atoms with Gasteiger partial charge < -0.3 is 9.84 Å². The van der Waals surface area contributed by atoms with Crippen LogP contribution in [0.25, 0.3) is 0 Å². The standard InChI is InChI=1S/C9H14O2/c1-11-9-4-2-7(3-5-9)6-8(9)10/h2,4,7-8,10H,3,5-6H2,1H3/t7-,8+,9-/m0/s1. The summed E-state index contributed by atoms with van der Waals surface area (Å²) in [6, 6.07) is 0. The van der Waals surface area contributed by atoms with E-state index in [2.05, 4.69) is 6.08 Å².